The summed E-state index contributed by atoms with van der Waals surface area (Å²) < 4.78 is 15.9. The first-order valence-electron chi connectivity index (χ1n) is 9.19. The number of amides is 1. The Morgan fingerprint density at radius 2 is 1.41 bits per heavy atom. The Labute approximate surface area is 160 Å². The predicted octanol–water partition coefficient (Wildman–Crippen LogP) is 1.01. The van der Waals surface area contributed by atoms with E-state index >= 15 is 0 Å². The number of rotatable bonds is 7. The lowest BCUT2D eigenvalue weighted by atomic mass is 10.2. The number of piperazine rings is 1. The van der Waals surface area contributed by atoms with Gasteiger partial charge in [-0.3, -0.25) is 4.79 Å². The quantitative estimate of drug-likeness (QED) is 0.789. The highest BCUT2D eigenvalue weighted by molar-refractivity contribution is 5.77. The molecule has 2 aromatic carbocycles. The third-order valence-electron chi connectivity index (χ3n) is 4.86. The topological polar surface area (TPSA) is 52.4 Å². The molecule has 144 valence electrons. The van der Waals surface area contributed by atoms with Crippen molar-refractivity contribution in [1.29, 1.82) is 0 Å². The molecular formula is C21H27N2O4+. The molecule has 0 spiro atoms. The molecule has 27 heavy (non-hydrogen) atoms. The van der Waals surface area contributed by atoms with E-state index in [1.165, 1.54) is 10.5 Å². The van der Waals surface area contributed by atoms with E-state index in [1.807, 2.05) is 41.3 Å². The SMILES string of the molecule is COc1ccc(C[NH+]2CCN(C(=O)COc3ccc(OC)cc3)CC2)cc1. The Morgan fingerprint density at radius 3 is 1.96 bits per heavy atom. The first kappa shape index (κ1) is 19.0. The molecule has 6 heteroatoms. The number of nitrogens with one attached hydrogen (secondary N) is 1. The summed E-state index contributed by atoms with van der Waals surface area (Å²) in [5, 5.41) is 0. The second-order valence-corrected chi connectivity index (χ2v) is 6.62. The lowest BCUT2D eigenvalue weighted by Gasteiger charge is -2.32. The summed E-state index contributed by atoms with van der Waals surface area (Å²) in [6, 6.07) is 15.4. The highest BCUT2D eigenvalue weighted by Crippen LogP contribution is 2.17. The van der Waals surface area contributed by atoms with Crippen molar-refractivity contribution in [3.63, 3.8) is 0 Å². The number of benzene rings is 2. The van der Waals surface area contributed by atoms with Crippen LogP contribution in [0.5, 0.6) is 17.2 Å². The second-order valence-electron chi connectivity index (χ2n) is 6.62. The van der Waals surface area contributed by atoms with Crippen LogP contribution in [0.3, 0.4) is 0 Å². The van der Waals surface area contributed by atoms with Gasteiger partial charge in [-0.1, -0.05) is 0 Å². The lowest BCUT2D eigenvalue weighted by Crippen LogP contribution is -3.13. The third kappa shape index (κ3) is 5.37. The van der Waals surface area contributed by atoms with Gasteiger partial charge in [-0.2, -0.15) is 0 Å². The summed E-state index contributed by atoms with van der Waals surface area (Å²) in [6.07, 6.45) is 0. The van der Waals surface area contributed by atoms with Crippen molar-refractivity contribution in [3.05, 3.63) is 54.1 Å². The number of ether oxygens (including phenoxy) is 3. The molecule has 0 aliphatic carbocycles. The van der Waals surface area contributed by atoms with Crippen LogP contribution in [0.25, 0.3) is 0 Å². The van der Waals surface area contributed by atoms with Crippen LogP contribution in [0.15, 0.2) is 48.5 Å². The normalized spacial score (nSPS) is 14.7. The maximum absolute atomic E-state index is 12.4. The molecule has 0 unspecified atom stereocenters. The molecule has 2 aromatic rings. The van der Waals surface area contributed by atoms with Gasteiger partial charge in [-0.05, 0) is 48.5 Å². The number of carbonyl (C=O) groups is 1. The minimum Gasteiger partial charge on any atom is -0.497 e. The largest absolute Gasteiger partial charge is 0.497 e. The molecule has 1 saturated heterocycles. The van der Waals surface area contributed by atoms with Crippen LogP contribution < -0.4 is 19.1 Å². The van der Waals surface area contributed by atoms with Gasteiger partial charge >= 0.3 is 0 Å². The summed E-state index contributed by atoms with van der Waals surface area (Å²) in [5.41, 5.74) is 1.29. The zero-order valence-electron chi connectivity index (χ0n) is 15.9. The molecule has 0 aromatic heterocycles. The smallest absolute Gasteiger partial charge is 0.260 e. The highest BCUT2D eigenvalue weighted by Gasteiger charge is 2.24. The van der Waals surface area contributed by atoms with Crippen LogP contribution in [-0.2, 0) is 11.3 Å². The van der Waals surface area contributed by atoms with Crippen LogP contribution in [0.4, 0.5) is 0 Å². The fraction of sp³-hybridized carbons (Fsp3) is 0.381. The molecule has 1 heterocycles. The van der Waals surface area contributed by atoms with Crippen molar-refractivity contribution in [3.8, 4) is 17.2 Å². The van der Waals surface area contributed by atoms with E-state index in [-0.39, 0.29) is 12.5 Å². The van der Waals surface area contributed by atoms with Gasteiger partial charge in [-0.15, -0.1) is 0 Å². The van der Waals surface area contributed by atoms with E-state index < -0.39 is 0 Å². The zero-order valence-corrected chi connectivity index (χ0v) is 15.9. The van der Waals surface area contributed by atoms with Crippen LogP contribution in [0.1, 0.15) is 5.56 Å². The molecule has 0 radical (unpaired) electrons. The molecule has 3 rings (SSSR count). The van der Waals surface area contributed by atoms with Crippen molar-refractivity contribution in [2.24, 2.45) is 0 Å². The molecule has 1 aliphatic rings. The maximum Gasteiger partial charge on any atom is 0.260 e. The van der Waals surface area contributed by atoms with Gasteiger partial charge in [0.05, 0.1) is 40.4 Å². The van der Waals surface area contributed by atoms with Gasteiger partial charge < -0.3 is 24.0 Å². The summed E-state index contributed by atoms with van der Waals surface area (Å²) in [4.78, 5) is 15.8. The molecule has 0 atom stereocenters. The molecule has 1 N–H and O–H groups in total. The molecule has 1 amide bonds. The van der Waals surface area contributed by atoms with Gasteiger partial charge in [0.2, 0.25) is 0 Å². The van der Waals surface area contributed by atoms with E-state index in [0.717, 1.165) is 44.2 Å². The van der Waals surface area contributed by atoms with Gasteiger partial charge in [0.25, 0.3) is 5.91 Å². The minimum absolute atomic E-state index is 0.0364. The lowest BCUT2D eigenvalue weighted by molar-refractivity contribution is -0.917. The van der Waals surface area contributed by atoms with Crippen molar-refractivity contribution < 1.29 is 23.9 Å². The van der Waals surface area contributed by atoms with E-state index in [9.17, 15) is 4.79 Å². The van der Waals surface area contributed by atoms with Crippen LogP contribution in [0.2, 0.25) is 0 Å². The molecule has 0 bridgehead atoms. The molecule has 6 nitrogen and oxygen atoms in total. The Bertz CT molecular complexity index is 723. The molecular weight excluding hydrogens is 344 g/mol. The van der Waals surface area contributed by atoms with Crippen molar-refractivity contribution in [1.82, 2.24) is 4.90 Å². The monoisotopic (exact) mass is 371 g/mol. The van der Waals surface area contributed by atoms with E-state index in [1.54, 1.807) is 14.2 Å². The fourth-order valence-corrected chi connectivity index (χ4v) is 3.19. The summed E-state index contributed by atoms with van der Waals surface area (Å²) >= 11 is 0. The van der Waals surface area contributed by atoms with Crippen molar-refractivity contribution in [2.45, 2.75) is 6.54 Å². The number of methoxy groups -OCH3 is 2. The van der Waals surface area contributed by atoms with Crippen molar-refractivity contribution in [2.75, 3.05) is 47.0 Å². The molecule has 0 saturated carbocycles. The van der Waals surface area contributed by atoms with Crippen LogP contribution >= 0.6 is 0 Å². The highest BCUT2D eigenvalue weighted by atomic mass is 16.5. The second kappa shape index (κ2) is 9.28. The number of nitrogens with zero attached hydrogens (tertiary/aromatic N) is 1. The zero-order chi connectivity index (χ0) is 19.1. The van der Waals surface area contributed by atoms with Crippen molar-refractivity contribution >= 4 is 5.91 Å². The summed E-state index contributed by atoms with van der Waals surface area (Å²) in [6.45, 7) is 4.45. The van der Waals surface area contributed by atoms with Gasteiger partial charge in [-0.25, -0.2) is 0 Å². The fourth-order valence-electron chi connectivity index (χ4n) is 3.19. The molecule has 1 aliphatic heterocycles. The number of hydrogen-bond acceptors (Lipinski definition) is 4. The summed E-state index contributed by atoms with van der Waals surface area (Å²) in [5.74, 6) is 2.35. The van der Waals surface area contributed by atoms with Crippen LogP contribution in [-0.4, -0.2) is 57.8 Å². The Kier molecular flexibility index (Phi) is 6.54. The molecule has 1 fully saturated rings. The predicted molar refractivity (Wildman–Crippen MR) is 102 cm³/mol. The van der Waals surface area contributed by atoms with Gasteiger partial charge in [0.15, 0.2) is 6.61 Å². The maximum atomic E-state index is 12.4. The number of hydrogen-bond donors (Lipinski definition) is 1. The third-order valence-corrected chi connectivity index (χ3v) is 4.86. The van der Waals surface area contributed by atoms with Gasteiger partial charge in [0, 0.05) is 5.56 Å². The summed E-state index contributed by atoms with van der Waals surface area (Å²) in [7, 11) is 3.30. The van der Waals surface area contributed by atoms with Gasteiger partial charge in [0.1, 0.15) is 23.8 Å². The Balaban J connectivity index is 1.41. The van der Waals surface area contributed by atoms with E-state index in [4.69, 9.17) is 14.2 Å². The standard InChI is InChI=1S/C21H26N2O4/c1-25-18-5-3-17(4-6-18)15-22-11-13-23(14-12-22)21(24)16-27-20-9-7-19(26-2)8-10-20/h3-10H,11-16H2,1-2H3/p+1. The van der Waals surface area contributed by atoms with Crippen LogP contribution in [0, 0.1) is 0 Å². The van der Waals surface area contributed by atoms with E-state index in [2.05, 4.69) is 12.1 Å². The van der Waals surface area contributed by atoms with E-state index in [0.29, 0.717) is 5.75 Å². The first-order chi connectivity index (χ1) is 13.2. The Hall–Kier alpha value is -2.73. The average molecular weight is 371 g/mol. The first-order valence-corrected chi connectivity index (χ1v) is 9.19. The minimum atomic E-state index is 0.0364. The average Bonchev–Trinajstić information content (AvgIpc) is 2.73. The number of carbonyl (C=O) groups excluding carboxylic acids is 1. The Morgan fingerprint density at radius 1 is 0.889 bits per heavy atom. The number of quaternary nitrogens is 1.